The van der Waals surface area contributed by atoms with Gasteiger partial charge >= 0.3 is 0 Å². The number of aromatic nitrogens is 1. The molecule has 5 nitrogen and oxygen atoms in total. The SMILES string of the molecule is CC(C)N(C(C)C)S(=O)(=O)c1ccc(N(C)Cc2ccccc2)nc1. The Balaban J connectivity index is 2.21. The Hall–Kier alpha value is -1.92. The van der Waals surface area contributed by atoms with Gasteiger partial charge in [0.25, 0.3) is 0 Å². The van der Waals surface area contributed by atoms with Crippen molar-refractivity contribution < 1.29 is 8.42 Å². The van der Waals surface area contributed by atoms with E-state index in [9.17, 15) is 8.42 Å². The Morgan fingerprint density at radius 2 is 1.56 bits per heavy atom. The first kappa shape index (κ1) is 19.4. The number of sulfonamides is 1. The normalized spacial score (nSPS) is 12.2. The number of hydrogen-bond donors (Lipinski definition) is 0. The summed E-state index contributed by atoms with van der Waals surface area (Å²) < 4.78 is 27.2. The molecule has 0 radical (unpaired) electrons. The standard InChI is InChI=1S/C19H27N3O2S/c1-15(2)22(16(3)4)25(23,24)18-11-12-19(20-13-18)21(5)14-17-9-7-6-8-10-17/h6-13,15-16H,14H2,1-5H3. The van der Waals surface area contributed by atoms with Crippen molar-refractivity contribution in [2.75, 3.05) is 11.9 Å². The number of pyridine rings is 1. The average Bonchev–Trinajstić information content (AvgIpc) is 2.54. The van der Waals surface area contributed by atoms with Crippen LogP contribution in [0.5, 0.6) is 0 Å². The summed E-state index contributed by atoms with van der Waals surface area (Å²) in [5.41, 5.74) is 1.18. The van der Waals surface area contributed by atoms with Gasteiger partial charge in [0.05, 0.1) is 0 Å². The maximum atomic E-state index is 12.9. The van der Waals surface area contributed by atoms with Crippen LogP contribution in [0.15, 0.2) is 53.6 Å². The van der Waals surface area contributed by atoms with Crippen molar-refractivity contribution in [3.8, 4) is 0 Å². The number of nitrogens with zero attached hydrogens (tertiary/aromatic N) is 3. The zero-order valence-electron chi connectivity index (χ0n) is 15.5. The molecule has 0 unspecified atom stereocenters. The molecule has 0 saturated carbocycles. The quantitative estimate of drug-likeness (QED) is 0.757. The first-order chi connectivity index (χ1) is 11.7. The van der Waals surface area contributed by atoms with Crippen molar-refractivity contribution in [1.82, 2.24) is 9.29 Å². The van der Waals surface area contributed by atoms with E-state index >= 15 is 0 Å². The monoisotopic (exact) mass is 361 g/mol. The van der Waals surface area contributed by atoms with Crippen molar-refractivity contribution in [2.45, 2.75) is 51.2 Å². The van der Waals surface area contributed by atoms with Gasteiger partial charge in [0.1, 0.15) is 10.7 Å². The molecule has 136 valence electrons. The Morgan fingerprint density at radius 1 is 0.960 bits per heavy atom. The van der Waals surface area contributed by atoms with Gasteiger partial charge in [-0.15, -0.1) is 0 Å². The van der Waals surface area contributed by atoms with Crippen LogP contribution in [0.2, 0.25) is 0 Å². The molecule has 0 atom stereocenters. The first-order valence-corrected chi connectivity index (χ1v) is 9.92. The summed E-state index contributed by atoms with van der Waals surface area (Å²) in [6.07, 6.45) is 1.45. The van der Waals surface area contributed by atoms with Crippen molar-refractivity contribution in [3.05, 3.63) is 54.2 Å². The van der Waals surface area contributed by atoms with Crippen molar-refractivity contribution in [1.29, 1.82) is 0 Å². The fraction of sp³-hybridized carbons (Fsp3) is 0.421. The molecule has 0 bridgehead atoms. The highest BCUT2D eigenvalue weighted by atomic mass is 32.2. The summed E-state index contributed by atoms with van der Waals surface area (Å²) in [4.78, 5) is 6.59. The first-order valence-electron chi connectivity index (χ1n) is 8.48. The Morgan fingerprint density at radius 3 is 2.04 bits per heavy atom. The predicted octanol–water partition coefficient (Wildman–Crippen LogP) is 3.53. The molecule has 1 aromatic carbocycles. The van der Waals surface area contributed by atoms with E-state index in [-0.39, 0.29) is 17.0 Å². The summed E-state index contributed by atoms with van der Waals surface area (Å²) in [5.74, 6) is 0.739. The Bertz CT molecular complexity index is 764. The van der Waals surface area contributed by atoms with Gasteiger partial charge in [-0.05, 0) is 45.4 Å². The van der Waals surface area contributed by atoms with E-state index < -0.39 is 10.0 Å². The number of hydrogen-bond acceptors (Lipinski definition) is 4. The molecular formula is C19H27N3O2S. The Labute approximate surface area is 151 Å². The van der Waals surface area contributed by atoms with E-state index in [2.05, 4.69) is 17.1 Å². The lowest BCUT2D eigenvalue weighted by atomic mass is 10.2. The van der Waals surface area contributed by atoms with Gasteiger partial charge < -0.3 is 4.90 Å². The highest BCUT2D eigenvalue weighted by Gasteiger charge is 2.29. The van der Waals surface area contributed by atoms with E-state index in [1.807, 2.05) is 57.8 Å². The second-order valence-electron chi connectivity index (χ2n) is 6.72. The van der Waals surface area contributed by atoms with Crippen LogP contribution in [0.3, 0.4) is 0 Å². The Kier molecular flexibility index (Phi) is 6.19. The molecule has 0 fully saturated rings. The minimum Gasteiger partial charge on any atom is -0.355 e. The van der Waals surface area contributed by atoms with Crippen LogP contribution >= 0.6 is 0 Å². The maximum Gasteiger partial charge on any atom is 0.245 e. The smallest absolute Gasteiger partial charge is 0.245 e. The third-order valence-corrected chi connectivity index (χ3v) is 6.20. The van der Waals surface area contributed by atoms with Gasteiger partial charge in [0, 0.05) is 31.9 Å². The van der Waals surface area contributed by atoms with Gasteiger partial charge in [-0.2, -0.15) is 4.31 Å². The topological polar surface area (TPSA) is 53.5 Å². The van der Waals surface area contributed by atoms with Gasteiger partial charge in [0.2, 0.25) is 10.0 Å². The van der Waals surface area contributed by atoms with Crippen LogP contribution in [0.25, 0.3) is 0 Å². The number of rotatable bonds is 7. The van der Waals surface area contributed by atoms with Gasteiger partial charge in [0.15, 0.2) is 0 Å². The molecule has 0 amide bonds. The molecule has 6 heteroatoms. The zero-order valence-corrected chi connectivity index (χ0v) is 16.4. The average molecular weight is 362 g/mol. The van der Waals surface area contributed by atoms with E-state index in [4.69, 9.17) is 0 Å². The molecule has 2 rings (SSSR count). The molecular weight excluding hydrogens is 334 g/mol. The van der Waals surface area contributed by atoms with E-state index in [1.165, 1.54) is 16.1 Å². The molecule has 2 aromatic rings. The lowest BCUT2D eigenvalue weighted by Crippen LogP contribution is -2.41. The lowest BCUT2D eigenvalue weighted by Gasteiger charge is -2.29. The van der Waals surface area contributed by atoms with E-state index in [0.29, 0.717) is 6.54 Å². The second kappa shape index (κ2) is 7.97. The highest BCUT2D eigenvalue weighted by Crippen LogP contribution is 2.22. The molecule has 1 aromatic heterocycles. The summed E-state index contributed by atoms with van der Waals surface area (Å²) >= 11 is 0. The van der Waals surface area contributed by atoms with Crippen LogP contribution in [0.1, 0.15) is 33.3 Å². The van der Waals surface area contributed by atoms with Crippen LogP contribution < -0.4 is 4.90 Å². The molecule has 0 saturated heterocycles. The van der Waals surface area contributed by atoms with Crippen molar-refractivity contribution >= 4 is 15.8 Å². The summed E-state index contributed by atoms with van der Waals surface area (Å²) in [5, 5.41) is 0. The van der Waals surface area contributed by atoms with Crippen LogP contribution in [-0.2, 0) is 16.6 Å². The largest absolute Gasteiger partial charge is 0.355 e. The van der Waals surface area contributed by atoms with Crippen LogP contribution in [-0.4, -0.2) is 36.8 Å². The minimum atomic E-state index is -3.55. The molecule has 0 N–H and O–H groups in total. The molecule has 0 aliphatic carbocycles. The molecule has 25 heavy (non-hydrogen) atoms. The van der Waals surface area contributed by atoms with Crippen LogP contribution in [0, 0.1) is 0 Å². The van der Waals surface area contributed by atoms with Crippen molar-refractivity contribution in [2.24, 2.45) is 0 Å². The summed E-state index contributed by atoms with van der Waals surface area (Å²) in [6.45, 7) is 8.24. The minimum absolute atomic E-state index is 0.106. The third kappa shape index (κ3) is 4.58. The molecule has 0 spiro atoms. The highest BCUT2D eigenvalue weighted by molar-refractivity contribution is 7.89. The molecule has 0 aliphatic heterocycles. The summed E-state index contributed by atoms with van der Waals surface area (Å²) in [6, 6.07) is 13.3. The second-order valence-corrected chi connectivity index (χ2v) is 8.56. The van der Waals surface area contributed by atoms with Gasteiger partial charge in [-0.3, -0.25) is 0 Å². The van der Waals surface area contributed by atoms with E-state index in [1.54, 1.807) is 12.1 Å². The molecule has 0 aliphatic rings. The van der Waals surface area contributed by atoms with Crippen molar-refractivity contribution in [3.63, 3.8) is 0 Å². The van der Waals surface area contributed by atoms with E-state index in [0.717, 1.165) is 5.82 Å². The fourth-order valence-electron chi connectivity index (χ4n) is 2.96. The maximum absolute atomic E-state index is 12.9. The third-order valence-electron chi connectivity index (χ3n) is 3.97. The lowest BCUT2D eigenvalue weighted by molar-refractivity contribution is 0.302. The van der Waals surface area contributed by atoms with Crippen LogP contribution in [0.4, 0.5) is 5.82 Å². The summed E-state index contributed by atoms with van der Waals surface area (Å²) in [7, 11) is -1.61. The predicted molar refractivity (Wildman–Crippen MR) is 102 cm³/mol. The van der Waals surface area contributed by atoms with Gasteiger partial charge in [-0.1, -0.05) is 30.3 Å². The van der Waals surface area contributed by atoms with Gasteiger partial charge in [-0.25, -0.2) is 13.4 Å². The zero-order chi connectivity index (χ0) is 18.6. The number of benzene rings is 1. The fourth-order valence-corrected chi connectivity index (χ4v) is 4.74. The molecule has 1 heterocycles. The number of anilines is 1.